The van der Waals surface area contributed by atoms with Gasteiger partial charge in [0.1, 0.15) is 0 Å². The Morgan fingerprint density at radius 3 is 2.00 bits per heavy atom. The third kappa shape index (κ3) is 10.2. The summed E-state index contributed by atoms with van der Waals surface area (Å²) in [5.74, 6) is 0. The Morgan fingerprint density at radius 2 is 1.50 bits per heavy atom. The molecule has 0 unspecified atom stereocenters. The van der Waals surface area contributed by atoms with Gasteiger partial charge in [0.15, 0.2) is 0 Å². The van der Waals surface area contributed by atoms with Crippen LogP contribution in [0, 0.1) is 0 Å². The summed E-state index contributed by atoms with van der Waals surface area (Å²) in [7, 11) is -3.46. The van der Waals surface area contributed by atoms with E-state index >= 15 is 0 Å². The quantitative estimate of drug-likeness (QED) is 0.414. The Balaban J connectivity index is 3.19. The van der Waals surface area contributed by atoms with Gasteiger partial charge in [-0.1, -0.05) is 58.4 Å². The van der Waals surface area contributed by atoms with E-state index in [2.05, 4.69) is 17.7 Å². The lowest BCUT2D eigenvalue weighted by molar-refractivity contribution is 0.311. The second-order valence-corrected chi connectivity index (χ2v) is 5.51. The van der Waals surface area contributed by atoms with Gasteiger partial charge in [-0.25, -0.2) is 0 Å². The van der Waals surface area contributed by atoms with Crippen LogP contribution in [0.2, 0.25) is 0 Å². The topological polar surface area (TPSA) is 43.4 Å². The van der Waals surface area contributed by atoms with Crippen molar-refractivity contribution in [3.05, 3.63) is 12.0 Å². The van der Waals surface area contributed by atoms with Crippen LogP contribution in [0.3, 0.4) is 0 Å². The molecule has 0 bridgehead atoms. The maximum atomic E-state index is 10.9. The fourth-order valence-corrected chi connectivity index (χ4v) is 1.91. The highest BCUT2D eigenvalue weighted by Gasteiger charge is 2.02. The predicted octanol–water partition coefficient (Wildman–Crippen LogP) is 3.62. The van der Waals surface area contributed by atoms with Crippen LogP contribution in [0.15, 0.2) is 12.0 Å². The molecule has 0 aromatic carbocycles. The molecule has 96 valence electrons. The van der Waals surface area contributed by atoms with Crippen LogP contribution in [0.5, 0.6) is 0 Å². The summed E-state index contributed by atoms with van der Waals surface area (Å²) in [6.45, 7) is 5.66. The van der Waals surface area contributed by atoms with E-state index in [0.717, 1.165) is 18.2 Å². The van der Waals surface area contributed by atoms with Crippen LogP contribution in [0.25, 0.3) is 0 Å². The van der Waals surface area contributed by atoms with Crippen LogP contribution in [-0.2, 0) is 14.3 Å². The highest BCUT2D eigenvalue weighted by atomic mass is 32.2. The number of hydrogen-bond acceptors (Lipinski definition) is 3. The molecule has 0 fully saturated rings. The fourth-order valence-electron chi connectivity index (χ4n) is 1.46. The van der Waals surface area contributed by atoms with Crippen LogP contribution in [0.4, 0.5) is 0 Å². The first-order valence-electron chi connectivity index (χ1n) is 6.14. The van der Waals surface area contributed by atoms with Crippen molar-refractivity contribution in [1.82, 2.24) is 0 Å². The second kappa shape index (κ2) is 9.85. The average Bonchev–Trinajstić information content (AvgIpc) is 2.27. The van der Waals surface area contributed by atoms with Gasteiger partial charge < -0.3 is 0 Å². The van der Waals surface area contributed by atoms with Crippen LogP contribution >= 0.6 is 0 Å². The first-order chi connectivity index (χ1) is 7.62. The minimum atomic E-state index is -3.46. The minimum Gasteiger partial charge on any atom is -0.267 e. The molecule has 0 aliphatic heterocycles. The molecule has 0 aliphatic carbocycles. The van der Waals surface area contributed by atoms with Crippen molar-refractivity contribution in [2.24, 2.45) is 0 Å². The van der Waals surface area contributed by atoms with Gasteiger partial charge in [0.25, 0.3) is 10.1 Å². The first kappa shape index (κ1) is 15.7. The van der Waals surface area contributed by atoms with Crippen molar-refractivity contribution in [2.75, 3.05) is 6.61 Å². The molecule has 0 saturated carbocycles. The molecular weight excluding hydrogens is 224 g/mol. The zero-order valence-electron chi connectivity index (χ0n) is 10.3. The van der Waals surface area contributed by atoms with E-state index < -0.39 is 10.1 Å². The highest BCUT2D eigenvalue weighted by molar-refractivity contribution is 7.89. The van der Waals surface area contributed by atoms with E-state index in [1.165, 1.54) is 38.5 Å². The maximum Gasteiger partial charge on any atom is 0.289 e. The number of unbranched alkanes of at least 4 members (excludes halogenated alkanes) is 7. The fraction of sp³-hybridized carbons (Fsp3) is 0.833. The molecule has 3 nitrogen and oxygen atoms in total. The van der Waals surface area contributed by atoms with Crippen LogP contribution < -0.4 is 0 Å². The summed E-state index contributed by atoms with van der Waals surface area (Å²) < 4.78 is 26.4. The molecule has 0 aromatic heterocycles. The summed E-state index contributed by atoms with van der Waals surface area (Å²) in [4.78, 5) is 0. The van der Waals surface area contributed by atoms with E-state index in [9.17, 15) is 8.42 Å². The molecule has 0 aliphatic rings. The molecule has 4 heteroatoms. The molecular formula is C12H24O3S. The highest BCUT2D eigenvalue weighted by Crippen LogP contribution is 2.08. The monoisotopic (exact) mass is 248 g/mol. The lowest BCUT2D eigenvalue weighted by Crippen LogP contribution is -2.02. The SMILES string of the molecule is C=CS(=O)(=O)OCCCCCCCCCC. The third-order valence-corrected chi connectivity index (χ3v) is 3.35. The number of hydrogen-bond donors (Lipinski definition) is 0. The van der Waals surface area contributed by atoms with Crippen molar-refractivity contribution in [1.29, 1.82) is 0 Å². The van der Waals surface area contributed by atoms with Gasteiger partial charge in [-0.3, -0.25) is 4.18 Å². The van der Waals surface area contributed by atoms with Gasteiger partial charge in [-0.05, 0) is 6.42 Å². The predicted molar refractivity (Wildman–Crippen MR) is 67.7 cm³/mol. The van der Waals surface area contributed by atoms with E-state index in [1.807, 2.05) is 0 Å². The van der Waals surface area contributed by atoms with Crippen molar-refractivity contribution in [3.63, 3.8) is 0 Å². The van der Waals surface area contributed by atoms with Crippen molar-refractivity contribution in [2.45, 2.75) is 58.3 Å². The maximum absolute atomic E-state index is 10.9. The van der Waals surface area contributed by atoms with Gasteiger partial charge in [-0.2, -0.15) is 8.42 Å². The zero-order valence-corrected chi connectivity index (χ0v) is 11.1. The lowest BCUT2D eigenvalue weighted by Gasteiger charge is -2.02. The smallest absolute Gasteiger partial charge is 0.267 e. The molecule has 0 saturated heterocycles. The van der Waals surface area contributed by atoms with E-state index in [1.54, 1.807) is 0 Å². The van der Waals surface area contributed by atoms with Gasteiger partial charge in [0.05, 0.1) is 12.0 Å². The Kier molecular flexibility index (Phi) is 9.63. The molecule has 0 amide bonds. The van der Waals surface area contributed by atoms with E-state index in [-0.39, 0.29) is 6.61 Å². The van der Waals surface area contributed by atoms with Gasteiger partial charge in [-0.15, -0.1) is 0 Å². The molecule has 0 atom stereocenters. The Bertz CT molecular complexity index is 257. The summed E-state index contributed by atoms with van der Waals surface area (Å²) in [6, 6.07) is 0. The van der Waals surface area contributed by atoms with E-state index in [0.29, 0.717) is 0 Å². The summed E-state index contributed by atoms with van der Waals surface area (Å²) in [5, 5.41) is 0.845. The molecule has 0 spiro atoms. The van der Waals surface area contributed by atoms with Gasteiger partial charge >= 0.3 is 0 Å². The average molecular weight is 248 g/mol. The molecule has 0 heterocycles. The van der Waals surface area contributed by atoms with E-state index in [4.69, 9.17) is 0 Å². The van der Waals surface area contributed by atoms with Crippen LogP contribution in [0.1, 0.15) is 58.3 Å². The Hall–Kier alpha value is -0.350. The zero-order chi connectivity index (χ0) is 12.3. The largest absolute Gasteiger partial charge is 0.289 e. The number of rotatable bonds is 11. The summed E-state index contributed by atoms with van der Waals surface area (Å²) >= 11 is 0. The Morgan fingerprint density at radius 1 is 1.00 bits per heavy atom. The van der Waals surface area contributed by atoms with Crippen molar-refractivity contribution >= 4 is 10.1 Å². The second-order valence-electron chi connectivity index (χ2n) is 3.96. The standard InChI is InChI=1S/C12H24O3S/c1-3-5-6-7-8-9-10-11-12-15-16(13,14)4-2/h4H,2-3,5-12H2,1H3. The molecule has 0 aromatic rings. The normalized spacial score (nSPS) is 11.6. The lowest BCUT2D eigenvalue weighted by atomic mass is 10.1. The summed E-state index contributed by atoms with van der Waals surface area (Å²) in [5.41, 5.74) is 0. The molecule has 0 radical (unpaired) electrons. The molecule has 0 N–H and O–H groups in total. The van der Waals surface area contributed by atoms with Crippen molar-refractivity contribution < 1.29 is 12.6 Å². The van der Waals surface area contributed by atoms with Gasteiger partial charge in [0, 0.05) is 0 Å². The minimum absolute atomic E-state index is 0.281. The summed E-state index contributed by atoms with van der Waals surface area (Å²) in [6.07, 6.45) is 9.46. The molecule has 0 rings (SSSR count). The van der Waals surface area contributed by atoms with Crippen LogP contribution in [-0.4, -0.2) is 15.0 Å². The third-order valence-electron chi connectivity index (χ3n) is 2.45. The van der Waals surface area contributed by atoms with Crippen molar-refractivity contribution in [3.8, 4) is 0 Å². The van der Waals surface area contributed by atoms with Gasteiger partial charge in [0.2, 0.25) is 0 Å². The Labute approximate surface area is 100 Å². The first-order valence-corrected chi connectivity index (χ1v) is 7.61. The molecule has 16 heavy (non-hydrogen) atoms.